The lowest BCUT2D eigenvalue weighted by atomic mass is 10.2. The van der Waals surface area contributed by atoms with Gasteiger partial charge in [-0.15, -0.1) is 0 Å². The standard InChI is InChI=1S/C7H12N2.C7H8/c1-4-5-6-9-7(2)8-3;1-7-5-3-2-4-6-7/h4-6H,1-3H3;2-6H,1H3/b5-4+,8-7?,9-6?;. The van der Waals surface area contributed by atoms with Crippen LogP contribution >= 0.6 is 0 Å². The monoisotopic (exact) mass is 216 g/mol. The first-order valence-electron chi connectivity index (χ1n) is 5.31. The molecule has 0 unspecified atom stereocenters. The Morgan fingerprint density at radius 2 is 1.81 bits per heavy atom. The van der Waals surface area contributed by atoms with Gasteiger partial charge in [0.25, 0.3) is 0 Å². The molecule has 2 nitrogen and oxygen atoms in total. The van der Waals surface area contributed by atoms with Crippen LogP contribution in [0.2, 0.25) is 0 Å². The zero-order valence-electron chi connectivity index (χ0n) is 10.5. The molecule has 1 rings (SSSR count). The summed E-state index contributed by atoms with van der Waals surface area (Å²) in [6, 6.07) is 10.3. The van der Waals surface area contributed by atoms with E-state index in [1.807, 2.05) is 44.2 Å². The number of hydrogen-bond acceptors (Lipinski definition) is 1. The van der Waals surface area contributed by atoms with E-state index in [2.05, 4.69) is 29.0 Å². The molecule has 1 aromatic rings. The molecule has 0 N–H and O–H groups in total. The summed E-state index contributed by atoms with van der Waals surface area (Å²) < 4.78 is 0. The highest BCUT2D eigenvalue weighted by atomic mass is 14.9. The van der Waals surface area contributed by atoms with Crippen LogP contribution in [0.4, 0.5) is 0 Å². The normalized spacial score (nSPS) is 11.6. The highest BCUT2D eigenvalue weighted by Gasteiger charge is 1.74. The minimum Gasteiger partial charge on any atom is -0.274 e. The zero-order chi connectivity index (χ0) is 12.2. The first-order valence-corrected chi connectivity index (χ1v) is 5.31. The molecule has 2 heteroatoms. The third-order valence-corrected chi connectivity index (χ3v) is 1.80. The fraction of sp³-hybridized carbons (Fsp3) is 0.286. The van der Waals surface area contributed by atoms with Crippen LogP contribution in [0.15, 0.2) is 52.5 Å². The van der Waals surface area contributed by atoms with Crippen LogP contribution in [0.1, 0.15) is 19.4 Å². The fourth-order valence-electron chi connectivity index (χ4n) is 0.829. The number of hydrogen-bond donors (Lipinski definition) is 0. The van der Waals surface area contributed by atoms with Crippen molar-refractivity contribution in [3.63, 3.8) is 0 Å². The molecule has 16 heavy (non-hydrogen) atoms. The highest BCUT2D eigenvalue weighted by molar-refractivity contribution is 5.90. The van der Waals surface area contributed by atoms with Gasteiger partial charge >= 0.3 is 0 Å². The van der Waals surface area contributed by atoms with E-state index in [1.165, 1.54) is 5.56 Å². The number of nitrogens with zero attached hydrogens (tertiary/aromatic N) is 2. The van der Waals surface area contributed by atoms with Crippen molar-refractivity contribution in [1.29, 1.82) is 0 Å². The molecule has 0 heterocycles. The fourth-order valence-corrected chi connectivity index (χ4v) is 0.829. The molecule has 0 saturated carbocycles. The van der Waals surface area contributed by atoms with Gasteiger partial charge in [-0.3, -0.25) is 4.99 Å². The van der Waals surface area contributed by atoms with Crippen LogP contribution in [0, 0.1) is 6.92 Å². The summed E-state index contributed by atoms with van der Waals surface area (Å²) in [7, 11) is 1.72. The maximum atomic E-state index is 3.97. The molecule has 0 amide bonds. The molecule has 0 fully saturated rings. The van der Waals surface area contributed by atoms with Gasteiger partial charge in [0.05, 0.1) is 0 Å². The molecular formula is C14H20N2. The van der Waals surface area contributed by atoms with Crippen molar-refractivity contribution in [2.45, 2.75) is 20.8 Å². The predicted molar refractivity (Wildman–Crippen MR) is 73.5 cm³/mol. The molecule has 0 saturated heterocycles. The second-order valence-electron chi connectivity index (χ2n) is 3.23. The van der Waals surface area contributed by atoms with E-state index in [9.17, 15) is 0 Å². The van der Waals surface area contributed by atoms with Crippen molar-refractivity contribution in [3.8, 4) is 0 Å². The van der Waals surface area contributed by atoms with Crippen molar-refractivity contribution in [1.82, 2.24) is 0 Å². The summed E-state index contributed by atoms with van der Waals surface area (Å²) in [4.78, 5) is 7.82. The topological polar surface area (TPSA) is 24.7 Å². The Hall–Kier alpha value is -1.70. The number of rotatable bonds is 1. The molecule has 0 spiro atoms. The van der Waals surface area contributed by atoms with E-state index in [1.54, 1.807) is 13.3 Å². The Balaban J connectivity index is 0.000000288. The van der Waals surface area contributed by atoms with E-state index in [0.29, 0.717) is 0 Å². The molecule has 0 aliphatic heterocycles. The summed E-state index contributed by atoms with van der Waals surface area (Å²) in [6.45, 7) is 5.89. The number of amidine groups is 1. The van der Waals surface area contributed by atoms with Crippen LogP contribution in [-0.2, 0) is 0 Å². The van der Waals surface area contributed by atoms with Gasteiger partial charge in [-0.05, 0) is 26.8 Å². The molecular weight excluding hydrogens is 196 g/mol. The lowest BCUT2D eigenvalue weighted by Crippen LogP contribution is -1.82. The first kappa shape index (κ1) is 14.3. The van der Waals surface area contributed by atoms with Crippen LogP contribution < -0.4 is 0 Å². The summed E-state index contributed by atoms with van der Waals surface area (Å²) in [5, 5.41) is 0. The van der Waals surface area contributed by atoms with Gasteiger partial charge in [-0.2, -0.15) is 0 Å². The SMILES string of the molecule is C/C=C/C=NC(C)=NC.Cc1ccccc1. The van der Waals surface area contributed by atoms with Crippen LogP contribution in [-0.4, -0.2) is 19.1 Å². The quantitative estimate of drug-likeness (QED) is 0.505. The largest absolute Gasteiger partial charge is 0.274 e. The molecule has 0 radical (unpaired) electrons. The second-order valence-corrected chi connectivity index (χ2v) is 3.23. The second kappa shape index (κ2) is 9.84. The summed E-state index contributed by atoms with van der Waals surface area (Å²) in [5.41, 5.74) is 1.32. The van der Waals surface area contributed by atoms with Gasteiger partial charge in [0.15, 0.2) is 0 Å². The highest BCUT2D eigenvalue weighted by Crippen LogP contribution is 1.92. The molecule has 1 aromatic carbocycles. The molecule has 0 bridgehead atoms. The van der Waals surface area contributed by atoms with Gasteiger partial charge in [-0.1, -0.05) is 42.0 Å². The van der Waals surface area contributed by atoms with Crippen molar-refractivity contribution in [2.24, 2.45) is 9.98 Å². The summed E-state index contributed by atoms with van der Waals surface area (Å²) >= 11 is 0. The van der Waals surface area contributed by atoms with Crippen LogP contribution in [0.3, 0.4) is 0 Å². The molecule has 0 aliphatic rings. The molecule has 86 valence electrons. The number of aryl methyl sites for hydroxylation is 1. The molecule has 0 aliphatic carbocycles. The third-order valence-electron chi connectivity index (χ3n) is 1.80. The minimum atomic E-state index is 0.799. The minimum absolute atomic E-state index is 0.799. The first-order chi connectivity index (χ1) is 7.70. The van der Waals surface area contributed by atoms with Crippen LogP contribution in [0.25, 0.3) is 0 Å². The van der Waals surface area contributed by atoms with Gasteiger partial charge in [0, 0.05) is 13.3 Å². The molecule has 0 aromatic heterocycles. The Bertz CT molecular complexity index is 348. The number of aliphatic imine (C=N–C) groups is 2. The Kier molecular flexibility index (Phi) is 8.79. The third kappa shape index (κ3) is 8.88. The number of benzene rings is 1. The van der Waals surface area contributed by atoms with Crippen molar-refractivity contribution >= 4 is 12.1 Å². The summed E-state index contributed by atoms with van der Waals surface area (Å²) in [5.74, 6) is 0.799. The van der Waals surface area contributed by atoms with E-state index in [-0.39, 0.29) is 0 Å². The Morgan fingerprint density at radius 3 is 2.19 bits per heavy atom. The Morgan fingerprint density at radius 1 is 1.19 bits per heavy atom. The zero-order valence-corrected chi connectivity index (χ0v) is 10.5. The lowest BCUT2D eigenvalue weighted by molar-refractivity contribution is 1.38. The predicted octanol–water partition coefficient (Wildman–Crippen LogP) is 3.68. The van der Waals surface area contributed by atoms with E-state index in [0.717, 1.165) is 5.84 Å². The average molecular weight is 216 g/mol. The van der Waals surface area contributed by atoms with E-state index in [4.69, 9.17) is 0 Å². The molecule has 0 atom stereocenters. The van der Waals surface area contributed by atoms with Gasteiger partial charge in [0.1, 0.15) is 5.84 Å². The maximum Gasteiger partial charge on any atom is 0.119 e. The van der Waals surface area contributed by atoms with Crippen molar-refractivity contribution < 1.29 is 0 Å². The van der Waals surface area contributed by atoms with Gasteiger partial charge < -0.3 is 0 Å². The van der Waals surface area contributed by atoms with Crippen LogP contribution in [0.5, 0.6) is 0 Å². The van der Waals surface area contributed by atoms with Crippen molar-refractivity contribution in [3.05, 3.63) is 48.0 Å². The number of allylic oxidation sites excluding steroid dienone is 2. The Labute approximate surface area is 98.5 Å². The summed E-state index contributed by atoms with van der Waals surface area (Å²) in [6.07, 6.45) is 5.52. The smallest absolute Gasteiger partial charge is 0.119 e. The van der Waals surface area contributed by atoms with Crippen molar-refractivity contribution in [2.75, 3.05) is 7.05 Å². The maximum absolute atomic E-state index is 3.97. The lowest BCUT2D eigenvalue weighted by Gasteiger charge is -1.82. The average Bonchev–Trinajstić information content (AvgIpc) is 2.31. The van der Waals surface area contributed by atoms with Gasteiger partial charge in [-0.25, -0.2) is 4.99 Å². The van der Waals surface area contributed by atoms with E-state index >= 15 is 0 Å². The van der Waals surface area contributed by atoms with Gasteiger partial charge in [0.2, 0.25) is 0 Å². The van der Waals surface area contributed by atoms with E-state index < -0.39 is 0 Å².